The van der Waals surface area contributed by atoms with Gasteiger partial charge in [-0.1, -0.05) is 42.5 Å². The third-order valence-corrected chi connectivity index (χ3v) is 4.62. The minimum Gasteiger partial charge on any atom is -0.495 e. The zero-order valence-electron chi connectivity index (χ0n) is 16.5. The number of para-hydroxylation sites is 1. The second kappa shape index (κ2) is 9.67. The number of carboxylic acid groups (broad SMARTS) is 1. The van der Waals surface area contributed by atoms with Crippen LogP contribution >= 0.6 is 12.2 Å². The summed E-state index contributed by atoms with van der Waals surface area (Å²) in [6.45, 7) is 2.06. The minimum atomic E-state index is -1.00. The summed E-state index contributed by atoms with van der Waals surface area (Å²) in [6.07, 6.45) is 1.63. The molecule has 0 radical (unpaired) electrons. The largest absolute Gasteiger partial charge is 0.495 e. The summed E-state index contributed by atoms with van der Waals surface area (Å²) < 4.78 is 5.65. The van der Waals surface area contributed by atoms with Crippen LogP contribution in [0.5, 0.6) is 5.75 Å². The molecule has 0 heterocycles. The van der Waals surface area contributed by atoms with Crippen molar-refractivity contribution in [2.24, 2.45) is 5.10 Å². The number of carbonyl (C=O) groups is 1. The van der Waals surface area contributed by atoms with E-state index in [0.717, 1.165) is 22.3 Å². The van der Waals surface area contributed by atoms with E-state index in [1.807, 2.05) is 30.3 Å². The molecule has 3 N–H and O–H groups in total. The van der Waals surface area contributed by atoms with E-state index in [1.54, 1.807) is 25.5 Å². The van der Waals surface area contributed by atoms with Crippen molar-refractivity contribution in [1.82, 2.24) is 5.43 Å². The number of hydrazone groups is 1. The lowest BCUT2D eigenvalue weighted by Crippen LogP contribution is -2.24. The van der Waals surface area contributed by atoms with Crippen molar-refractivity contribution in [3.05, 3.63) is 83.4 Å². The molecule has 0 aliphatic carbocycles. The highest BCUT2D eigenvalue weighted by Gasteiger charge is 2.11. The Kier molecular flexibility index (Phi) is 6.77. The maximum Gasteiger partial charge on any atom is 0.335 e. The number of carboxylic acids is 1. The molecule has 0 aliphatic rings. The van der Waals surface area contributed by atoms with Crippen LogP contribution in [0.1, 0.15) is 21.5 Å². The highest BCUT2D eigenvalue weighted by molar-refractivity contribution is 7.80. The van der Waals surface area contributed by atoms with Crippen molar-refractivity contribution in [3.63, 3.8) is 0 Å². The SMILES string of the molecule is COc1c(/C=N/NC(=S)Nc2cccc(C(=O)O)c2)cccc1-c1ccccc1C. The van der Waals surface area contributed by atoms with E-state index >= 15 is 0 Å². The van der Waals surface area contributed by atoms with Crippen molar-refractivity contribution in [2.45, 2.75) is 6.92 Å². The lowest BCUT2D eigenvalue weighted by Gasteiger charge is -2.13. The molecule has 0 bridgehead atoms. The number of anilines is 1. The maximum absolute atomic E-state index is 11.1. The summed E-state index contributed by atoms with van der Waals surface area (Å²) in [5.74, 6) is -0.290. The Morgan fingerprint density at radius 3 is 2.53 bits per heavy atom. The van der Waals surface area contributed by atoms with E-state index in [4.69, 9.17) is 22.1 Å². The highest BCUT2D eigenvalue weighted by Crippen LogP contribution is 2.34. The number of hydrogen-bond acceptors (Lipinski definition) is 4. The van der Waals surface area contributed by atoms with Gasteiger partial charge in [0.25, 0.3) is 0 Å². The summed E-state index contributed by atoms with van der Waals surface area (Å²) >= 11 is 5.23. The van der Waals surface area contributed by atoms with Gasteiger partial charge in [0.05, 0.1) is 18.9 Å². The molecule has 0 unspecified atom stereocenters. The summed E-state index contributed by atoms with van der Waals surface area (Å²) in [5.41, 5.74) is 7.48. The summed E-state index contributed by atoms with van der Waals surface area (Å²) in [4.78, 5) is 11.1. The van der Waals surface area contributed by atoms with Crippen LogP contribution in [-0.4, -0.2) is 29.5 Å². The molecule has 0 aromatic heterocycles. The molecule has 3 aromatic carbocycles. The molecule has 7 heteroatoms. The van der Waals surface area contributed by atoms with Gasteiger partial charge in [-0.15, -0.1) is 0 Å². The molecule has 30 heavy (non-hydrogen) atoms. The van der Waals surface area contributed by atoms with Gasteiger partial charge in [0, 0.05) is 16.8 Å². The third-order valence-electron chi connectivity index (χ3n) is 4.42. The molecule has 0 aliphatic heterocycles. The van der Waals surface area contributed by atoms with Crippen molar-refractivity contribution in [3.8, 4) is 16.9 Å². The van der Waals surface area contributed by atoms with Gasteiger partial charge in [0.2, 0.25) is 0 Å². The molecule has 0 saturated heterocycles. The number of methoxy groups -OCH3 is 1. The molecule has 0 amide bonds. The fourth-order valence-corrected chi connectivity index (χ4v) is 3.19. The third kappa shape index (κ3) is 5.01. The Bertz CT molecular complexity index is 1110. The first kappa shape index (κ1) is 21.0. The molecule has 0 atom stereocenters. The van der Waals surface area contributed by atoms with Gasteiger partial charge in [-0.2, -0.15) is 5.10 Å². The maximum atomic E-state index is 11.1. The minimum absolute atomic E-state index is 0.170. The van der Waals surface area contributed by atoms with Gasteiger partial charge in [-0.3, -0.25) is 5.43 Å². The molecular weight excluding hydrogens is 398 g/mol. The lowest BCUT2D eigenvalue weighted by molar-refractivity contribution is 0.0697. The first-order chi connectivity index (χ1) is 14.5. The smallest absolute Gasteiger partial charge is 0.335 e. The number of ether oxygens (including phenoxy) is 1. The lowest BCUT2D eigenvalue weighted by atomic mass is 9.98. The fraction of sp³-hybridized carbons (Fsp3) is 0.0870. The standard InChI is InChI=1S/C23H21N3O3S/c1-15-7-3-4-11-19(15)20-12-6-9-17(21(20)29-2)14-24-26-23(30)25-18-10-5-8-16(13-18)22(27)28/h3-14H,1-2H3,(H,27,28)(H2,25,26,30)/b24-14+. The first-order valence-corrected chi connectivity index (χ1v) is 9.57. The second-order valence-electron chi connectivity index (χ2n) is 6.45. The predicted molar refractivity (Wildman–Crippen MR) is 124 cm³/mol. The Labute approximate surface area is 180 Å². The average Bonchev–Trinajstić information content (AvgIpc) is 2.74. The molecule has 0 saturated carbocycles. The molecular formula is C23H21N3O3S. The van der Waals surface area contributed by atoms with Gasteiger partial charge in [0.1, 0.15) is 5.75 Å². The van der Waals surface area contributed by atoms with E-state index < -0.39 is 5.97 Å². The van der Waals surface area contributed by atoms with E-state index in [0.29, 0.717) is 11.4 Å². The predicted octanol–water partition coefficient (Wildman–Crippen LogP) is 4.69. The Morgan fingerprint density at radius 2 is 1.80 bits per heavy atom. The topological polar surface area (TPSA) is 83.0 Å². The van der Waals surface area contributed by atoms with E-state index in [1.165, 1.54) is 12.1 Å². The fourth-order valence-electron chi connectivity index (χ4n) is 3.02. The van der Waals surface area contributed by atoms with E-state index in [-0.39, 0.29) is 10.7 Å². The number of hydrogen-bond donors (Lipinski definition) is 3. The first-order valence-electron chi connectivity index (χ1n) is 9.16. The Balaban J connectivity index is 1.74. The van der Waals surface area contributed by atoms with Gasteiger partial charge < -0.3 is 15.2 Å². The van der Waals surface area contributed by atoms with Crippen LogP contribution in [0.4, 0.5) is 5.69 Å². The van der Waals surface area contributed by atoms with Crippen molar-refractivity contribution < 1.29 is 14.6 Å². The number of nitrogens with one attached hydrogen (secondary N) is 2. The molecule has 0 fully saturated rings. The van der Waals surface area contributed by atoms with Crippen LogP contribution in [-0.2, 0) is 0 Å². The number of aromatic carboxylic acids is 1. The molecule has 0 spiro atoms. The van der Waals surface area contributed by atoms with Crippen molar-refractivity contribution >= 4 is 35.2 Å². The molecule has 3 rings (SSSR count). The van der Waals surface area contributed by atoms with Gasteiger partial charge >= 0.3 is 5.97 Å². The second-order valence-corrected chi connectivity index (χ2v) is 6.86. The van der Waals surface area contributed by atoms with Gasteiger partial charge in [0.15, 0.2) is 5.11 Å². The molecule has 3 aromatic rings. The monoisotopic (exact) mass is 419 g/mol. The van der Waals surface area contributed by atoms with Crippen LogP contribution in [0.15, 0.2) is 71.8 Å². The summed E-state index contributed by atoms with van der Waals surface area (Å²) in [6, 6.07) is 20.3. The zero-order chi connectivity index (χ0) is 21.5. The van der Waals surface area contributed by atoms with Crippen LogP contribution in [0.3, 0.4) is 0 Å². The number of thiocarbonyl (C=S) groups is 1. The van der Waals surface area contributed by atoms with E-state index in [2.05, 4.69) is 34.9 Å². The van der Waals surface area contributed by atoms with Crippen molar-refractivity contribution in [1.29, 1.82) is 0 Å². The van der Waals surface area contributed by atoms with Gasteiger partial charge in [-0.25, -0.2) is 4.79 Å². The van der Waals surface area contributed by atoms with Crippen LogP contribution in [0, 0.1) is 6.92 Å². The molecule has 6 nitrogen and oxygen atoms in total. The van der Waals surface area contributed by atoms with Crippen LogP contribution in [0.2, 0.25) is 0 Å². The zero-order valence-corrected chi connectivity index (χ0v) is 17.4. The molecule has 152 valence electrons. The quantitative estimate of drug-likeness (QED) is 0.305. The van der Waals surface area contributed by atoms with E-state index in [9.17, 15) is 4.79 Å². The Hall–Kier alpha value is -3.71. The number of benzene rings is 3. The number of nitrogens with zero attached hydrogens (tertiary/aromatic N) is 1. The van der Waals surface area contributed by atoms with Crippen LogP contribution < -0.4 is 15.5 Å². The van der Waals surface area contributed by atoms with Gasteiger partial charge in [-0.05, 0) is 54.5 Å². The van der Waals surface area contributed by atoms with Crippen molar-refractivity contribution in [2.75, 3.05) is 12.4 Å². The highest BCUT2D eigenvalue weighted by atomic mass is 32.1. The van der Waals surface area contributed by atoms with Crippen LogP contribution in [0.25, 0.3) is 11.1 Å². The normalized spacial score (nSPS) is 10.6. The Morgan fingerprint density at radius 1 is 1.07 bits per heavy atom. The summed E-state index contributed by atoms with van der Waals surface area (Å²) in [7, 11) is 1.63. The average molecular weight is 420 g/mol. The summed E-state index contributed by atoms with van der Waals surface area (Å²) in [5, 5.41) is 16.4. The number of aryl methyl sites for hydroxylation is 1. The number of rotatable bonds is 6.